The van der Waals surface area contributed by atoms with Crippen molar-refractivity contribution >= 4 is 16.0 Å². The molecule has 3 rings (SSSR count). The molecule has 0 bridgehead atoms. The maximum atomic E-state index is 12.0. The molecule has 2 fully saturated rings. The molecule has 1 aliphatic carbocycles. The van der Waals surface area contributed by atoms with Crippen LogP contribution in [0.4, 0.5) is 0 Å². The first kappa shape index (κ1) is 21.2. The van der Waals surface area contributed by atoms with Crippen molar-refractivity contribution in [3.63, 3.8) is 0 Å². The van der Waals surface area contributed by atoms with Gasteiger partial charge < -0.3 is 15.1 Å². The van der Waals surface area contributed by atoms with E-state index < -0.39 is 10.0 Å². The minimum atomic E-state index is -3.15. The summed E-state index contributed by atoms with van der Waals surface area (Å²) >= 11 is 0. The number of nitrogens with one attached hydrogen (secondary N) is 2. The Bertz CT molecular complexity index is 712. The second kappa shape index (κ2) is 10.3. The highest BCUT2D eigenvalue weighted by Gasteiger charge is 2.31. The Kier molecular flexibility index (Phi) is 7.79. The molecule has 1 aromatic rings. The number of guanidine groups is 1. The molecule has 1 aliphatic heterocycles. The molecule has 1 atom stereocenters. The van der Waals surface area contributed by atoms with E-state index in [2.05, 4.69) is 10.6 Å². The summed E-state index contributed by atoms with van der Waals surface area (Å²) in [5.74, 6) is 2.38. The van der Waals surface area contributed by atoms with E-state index >= 15 is 0 Å². The predicted molar refractivity (Wildman–Crippen MR) is 112 cm³/mol. The normalized spacial score (nSPS) is 22.5. The molecule has 1 saturated carbocycles. The highest BCUT2D eigenvalue weighted by atomic mass is 32.2. The number of hydrogen-bond donors (Lipinski definition) is 2. The largest absolute Gasteiger partial charge is 0.469 e. The molecule has 0 spiro atoms. The van der Waals surface area contributed by atoms with Gasteiger partial charge in [0.1, 0.15) is 5.76 Å². The maximum Gasteiger partial charge on any atom is 0.211 e. The first-order valence-electron chi connectivity index (χ1n) is 10.5. The molecule has 8 heteroatoms. The molecular formula is C20H34N4O3S. The van der Waals surface area contributed by atoms with Crippen molar-refractivity contribution in [2.75, 3.05) is 32.4 Å². The second-order valence-electron chi connectivity index (χ2n) is 8.00. The van der Waals surface area contributed by atoms with Crippen LogP contribution < -0.4 is 10.6 Å². The number of nitrogens with zero attached hydrogens (tertiary/aromatic N) is 2. The van der Waals surface area contributed by atoms with Crippen LogP contribution in [-0.2, 0) is 16.4 Å². The summed E-state index contributed by atoms with van der Waals surface area (Å²) in [6.07, 6.45) is 12.0. The molecule has 1 saturated heterocycles. The third kappa shape index (κ3) is 6.51. The summed E-state index contributed by atoms with van der Waals surface area (Å²) in [7, 11) is -3.15. The third-order valence-electron chi connectivity index (χ3n) is 5.73. The highest BCUT2D eigenvalue weighted by Crippen LogP contribution is 2.23. The third-order valence-corrected chi connectivity index (χ3v) is 7.06. The lowest BCUT2D eigenvalue weighted by atomic mass is 9.89. The van der Waals surface area contributed by atoms with Gasteiger partial charge in [-0.1, -0.05) is 19.3 Å². The number of furan rings is 1. The minimum Gasteiger partial charge on any atom is -0.469 e. The molecule has 28 heavy (non-hydrogen) atoms. The second-order valence-corrected chi connectivity index (χ2v) is 9.94. The highest BCUT2D eigenvalue weighted by molar-refractivity contribution is 7.88. The summed E-state index contributed by atoms with van der Waals surface area (Å²) < 4.78 is 30.9. The van der Waals surface area contributed by atoms with E-state index in [0.717, 1.165) is 44.1 Å². The fourth-order valence-electron chi connectivity index (χ4n) is 4.19. The van der Waals surface area contributed by atoms with Crippen molar-refractivity contribution in [2.24, 2.45) is 10.9 Å². The van der Waals surface area contributed by atoms with E-state index in [1.54, 1.807) is 10.6 Å². The SMILES string of the molecule is CS(=O)(=O)N1CCC[C@@H]1CNC(=NCC1CCCCC1)NCCc1ccco1. The van der Waals surface area contributed by atoms with Crippen LogP contribution in [0.2, 0.25) is 0 Å². The molecule has 0 amide bonds. The summed E-state index contributed by atoms with van der Waals surface area (Å²) in [5, 5.41) is 6.77. The van der Waals surface area contributed by atoms with Crippen LogP contribution in [-0.4, -0.2) is 57.2 Å². The summed E-state index contributed by atoms with van der Waals surface area (Å²) in [4.78, 5) is 4.81. The van der Waals surface area contributed by atoms with E-state index in [4.69, 9.17) is 9.41 Å². The molecule has 0 aromatic carbocycles. The Hall–Kier alpha value is -1.54. The van der Waals surface area contributed by atoms with E-state index in [-0.39, 0.29) is 6.04 Å². The summed E-state index contributed by atoms with van der Waals surface area (Å²) in [6.45, 7) is 2.76. The van der Waals surface area contributed by atoms with Crippen LogP contribution in [0, 0.1) is 5.92 Å². The molecule has 0 unspecified atom stereocenters. The first-order chi connectivity index (χ1) is 13.5. The maximum absolute atomic E-state index is 12.0. The molecule has 2 N–H and O–H groups in total. The predicted octanol–water partition coefficient (Wildman–Crippen LogP) is 2.36. The van der Waals surface area contributed by atoms with Gasteiger partial charge in [0, 0.05) is 38.6 Å². The lowest BCUT2D eigenvalue weighted by Crippen LogP contribution is -2.46. The van der Waals surface area contributed by atoms with Crippen molar-refractivity contribution in [1.82, 2.24) is 14.9 Å². The van der Waals surface area contributed by atoms with Crippen LogP contribution in [0.5, 0.6) is 0 Å². The monoisotopic (exact) mass is 410 g/mol. The molecular weight excluding hydrogens is 376 g/mol. The average molecular weight is 411 g/mol. The number of sulfonamides is 1. The lowest BCUT2D eigenvalue weighted by Gasteiger charge is -2.24. The van der Waals surface area contributed by atoms with Crippen molar-refractivity contribution < 1.29 is 12.8 Å². The molecule has 158 valence electrons. The molecule has 7 nitrogen and oxygen atoms in total. The fourth-order valence-corrected chi connectivity index (χ4v) is 5.37. The van der Waals surface area contributed by atoms with E-state index in [9.17, 15) is 8.42 Å². The van der Waals surface area contributed by atoms with Crippen LogP contribution in [0.3, 0.4) is 0 Å². The van der Waals surface area contributed by atoms with Crippen LogP contribution in [0.15, 0.2) is 27.8 Å². The number of aliphatic imine (C=N–C) groups is 1. The molecule has 0 radical (unpaired) electrons. The van der Waals surface area contributed by atoms with E-state index in [0.29, 0.717) is 19.0 Å². The molecule has 1 aromatic heterocycles. The van der Waals surface area contributed by atoms with Gasteiger partial charge in [-0.2, -0.15) is 4.31 Å². The van der Waals surface area contributed by atoms with Gasteiger partial charge in [-0.15, -0.1) is 0 Å². The Labute approximate surface area is 169 Å². The van der Waals surface area contributed by atoms with Gasteiger partial charge >= 0.3 is 0 Å². The van der Waals surface area contributed by atoms with Gasteiger partial charge in [0.2, 0.25) is 10.0 Å². The van der Waals surface area contributed by atoms with Crippen molar-refractivity contribution in [2.45, 2.75) is 57.4 Å². The Morgan fingerprint density at radius 3 is 2.75 bits per heavy atom. The summed E-state index contributed by atoms with van der Waals surface area (Å²) in [6, 6.07) is 3.86. The quantitative estimate of drug-likeness (QED) is 0.507. The minimum absolute atomic E-state index is 0.00162. The Morgan fingerprint density at radius 1 is 1.21 bits per heavy atom. The first-order valence-corrected chi connectivity index (χ1v) is 12.4. The van der Waals surface area contributed by atoms with Crippen molar-refractivity contribution in [3.8, 4) is 0 Å². The van der Waals surface area contributed by atoms with Gasteiger partial charge in [-0.3, -0.25) is 4.99 Å². The molecule has 2 aliphatic rings. The smallest absolute Gasteiger partial charge is 0.211 e. The zero-order valence-corrected chi connectivity index (χ0v) is 17.7. The van der Waals surface area contributed by atoms with Gasteiger partial charge in [0.05, 0.1) is 12.5 Å². The summed E-state index contributed by atoms with van der Waals surface area (Å²) in [5.41, 5.74) is 0. The van der Waals surface area contributed by atoms with Gasteiger partial charge in [0.15, 0.2) is 5.96 Å². The van der Waals surface area contributed by atoms with Gasteiger partial charge in [-0.05, 0) is 43.7 Å². The van der Waals surface area contributed by atoms with Crippen LogP contribution in [0.1, 0.15) is 50.7 Å². The van der Waals surface area contributed by atoms with E-state index in [1.165, 1.54) is 38.4 Å². The topological polar surface area (TPSA) is 86.9 Å². The molecule has 2 heterocycles. The zero-order chi connectivity index (χ0) is 19.8. The lowest BCUT2D eigenvalue weighted by molar-refractivity contribution is 0.365. The van der Waals surface area contributed by atoms with E-state index in [1.807, 2.05) is 12.1 Å². The number of rotatable bonds is 8. The fraction of sp³-hybridized carbons (Fsp3) is 0.750. The zero-order valence-electron chi connectivity index (χ0n) is 16.9. The van der Waals surface area contributed by atoms with Gasteiger partial charge in [0.25, 0.3) is 0 Å². The number of hydrogen-bond acceptors (Lipinski definition) is 4. The van der Waals surface area contributed by atoms with Gasteiger partial charge in [-0.25, -0.2) is 8.42 Å². The van der Waals surface area contributed by atoms with Crippen LogP contribution in [0.25, 0.3) is 0 Å². The Balaban J connectivity index is 1.54. The standard InChI is InChI=1S/C20H34N4O3S/c1-28(25,26)24-13-5-9-18(24)16-23-20(21-12-11-19-10-6-14-27-19)22-15-17-7-3-2-4-8-17/h6,10,14,17-18H,2-5,7-9,11-13,15-16H2,1H3,(H2,21,22,23)/t18-/m1/s1. The van der Waals surface area contributed by atoms with Crippen molar-refractivity contribution in [3.05, 3.63) is 24.2 Å². The average Bonchev–Trinajstić information content (AvgIpc) is 3.35. The van der Waals surface area contributed by atoms with Crippen LogP contribution >= 0.6 is 0 Å². The Morgan fingerprint density at radius 2 is 2.04 bits per heavy atom. The van der Waals surface area contributed by atoms with Crippen molar-refractivity contribution in [1.29, 1.82) is 0 Å².